The maximum absolute atomic E-state index is 12.6. The molecule has 0 aromatic heterocycles. The lowest BCUT2D eigenvalue weighted by molar-refractivity contribution is -0.132. The van der Waals surface area contributed by atoms with Crippen molar-refractivity contribution in [1.82, 2.24) is 9.80 Å². The summed E-state index contributed by atoms with van der Waals surface area (Å²) in [4.78, 5) is 40.3. The number of fused-ring (bicyclic) bond motifs is 2. The fraction of sp³-hybridized carbons (Fsp3) is 0.211. The monoisotopic (exact) mass is 398 g/mol. The van der Waals surface area contributed by atoms with Crippen LogP contribution in [0.15, 0.2) is 46.9 Å². The Kier molecular flexibility index (Phi) is 3.92. The summed E-state index contributed by atoms with van der Waals surface area (Å²) < 4.78 is 0.730. The SMILES string of the molecule is O=C(CN1C(=O)c2ccc(Br)cc2C1=O)N1CCc2ccccc2C1. The Hall–Kier alpha value is -2.47. The van der Waals surface area contributed by atoms with E-state index in [1.54, 1.807) is 23.1 Å². The first-order valence-electron chi connectivity index (χ1n) is 8.05. The summed E-state index contributed by atoms with van der Waals surface area (Å²) >= 11 is 3.30. The van der Waals surface area contributed by atoms with Gasteiger partial charge >= 0.3 is 0 Å². The molecular weight excluding hydrogens is 384 g/mol. The highest BCUT2D eigenvalue weighted by molar-refractivity contribution is 9.10. The molecule has 126 valence electrons. The van der Waals surface area contributed by atoms with Crippen LogP contribution in [0.3, 0.4) is 0 Å². The van der Waals surface area contributed by atoms with Gasteiger partial charge in [0.25, 0.3) is 11.8 Å². The van der Waals surface area contributed by atoms with Crippen LogP contribution in [0.25, 0.3) is 0 Å². The van der Waals surface area contributed by atoms with Gasteiger partial charge in [-0.15, -0.1) is 0 Å². The maximum atomic E-state index is 12.6. The predicted octanol–water partition coefficient (Wildman–Crippen LogP) is 2.63. The molecule has 0 atom stereocenters. The minimum atomic E-state index is -0.410. The molecule has 2 aromatic rings. The van der Waals surface area contributed by atoms with Crippen molar-refractivity contribution in [2.24, 2.45) is 0 Å². The Labute approximate surface area is 153 Å². The minimum absolute atomic E-state index is 0.205. The van der Waals surface area contributed by atoms with E-state index in [0.29, 0.717) is 24.2 Å². The van der Waals surface area contributed by atoms with Crippen molar-refractivity contribution in [1.29, 1.82) is 0 Å². The van der Waals surface area contributed by atoms with Crippen LogP contribution in [-0.2, 0) is 17.8 Å². The fourth-order valence-electron chi connectivity index (χ4n) is 3.35. The number of hydrogen-bond donors (Lipinski definition) is 0. The molecule has 0 radical (unpaired) electrons. The van der Waals surface area contributed by atoms with E-state index in [-0.39, 0.29) is 12.5 Å². The summed E-state index contributed by atoms with van der Waals surface area (Å²) in [6.45, 7) is 0.903. The second-order valence-corrected chi connectivity index (χ2v) is 7.14. The first-order chi connectivity index (χ1) is 12.0. The van der Waals surface area contributed by atoms with Crippen LogP contribution in [0.5, 0.6) is 0 Å². The zero-order valence-electron chi connectivity index (χ0n) is 13.4. The molecule has 0 N–H and O–H groups in total. The van der Waals surface area contributed by atoms with Gasteiger partial charge in [0.05, 0.1) is 11.1 Å². The van der Waals surface area contributed by atoms with Gasteiger partial charge in [-0.1, -0.05) is 40.2 Å². The van der Waals surface area contributed by atoms with Crippen molar-refractivity contribution in [2.75, 3.05) is 13.1 Å². The summed E-state index contributed by atoms with van der Waals surface area (Å²) in [5.74, 6) is -1.02. The summed E-state index contributed by atoms with van der Waals surface area (Å²) in [5, 5.41) is 0. The second kappa shape index (κ2) is 6.11. The van der Waals surface area contributed by atoms with E-state index in [1.807, 2.05) is 18.2 Å². The van der Waals surface area contributed by atoms with E-state index >= 15 is 0 Å². The number of rotatable bonds is 2. The average molecular weight is 399 g/mol. The lowest BCUT2D eigenvalue weighted by Crippen LogP contribution is -2.44. The van der Waals surface area contributed by atoms with Crippen LogP contribution >= 0.6 is 15.9 Å². The highest BCUT2D eigenvalue weighted by Gasteiger charge is 2.37. The van der Waals surface area contributed by atoms with Gasteiger partial charge in [0.1, 0.15) is 6.54 Å². The van der Waals surface area contributed by atoms with Gasteiger partial charge in [0.2, 0.25) is 5.91 Å². The first-order valence-corrected chi connectivity index (χ1v) is 8.84. The molecule has 0 spiro atoms. The summed E-state index contributed by atoms with van der Waals surface area (Å²) in [6.07, 6.45) is 0.789. The Morgan fingerprint density at radius 1 is 1.00 bits per heavy atom. The molecule has 2 aliphatic rings. The number of carbonyl (C=O) groups is 3. The van der Waals surface area contributed by atoms with Crippen LogP contribution in [-0.4, -0.2) is 40.6 Å². The van der Waals surface area contributed by atoms with Crippen LogP contribution in [0.4, 0.5) is 0 Å². The third-order valence-electron chi connectivity index (χ3n) is 4.71. The highest BCUT2D eigenvalue weighted by Crippen LogP contribution is 2.26. The van der Waals surface area contributed by atoms with Crippen molar-refractivity contribution in [3.63, 3.8) is 0 Å². The van der Waals surface area contributed by atoms with E-state index in [1.165, 1.54) is 5.56 Å². The van der Waals surface area contributed by atoms with Crippen LogP contribution in [0, 0.1) is 0 Å². The molecular formula is C19H15BrN2O3. The minimum Gasteiger partial charge on any atom is -0.336 e. The van der Waals surface area contributed by atoms with Gasteiger partial charge in [-0.25, -0.2) is 0 Å². The molecule has 0 saturated carbocycles. The van der Waals surface area contributed by atoms with Crippen molar-refractivity contribution in [3.8, 4) is 0 Å². The molecule has 25 heavy (non-hydrogen) atoms. The molecule has 0 unspecified atom stereocenters. The third-order valence-corrected chi connectivity index (χ3v) is 5.20. The molecule has 2 heterocycles. The largest absolute Gasteiger partial charge is 0.336 e. The standard InChI is InChI=1S/C19H15BrN2O3/c20-14-5-6-15-16(9-14)19(25)22(18(15)24)11-17(23)21-8-7-12-3-1-2-4-13(12)10-21/h1-6,9H,7-8,10-11H2. The molecule has 4 rings (SSSR count). The van der Waals surface area contributed by atoms with E-state index in [4.69, 9.17) is 0 Å². The Balaban J connectivity index is 1.51. The van der Waals surface area contributed by atoms with Crippen molar-refractivity contribution in [2.45, 2.75) is 13.0 Å². The number of nitrogens with zero attached hydrogens (tertiary/aromatic N) is 2. The lowest BCUT2D eigenvalue weighted by atomic mass is 10.00. The Morgan fingerprint density at radius 3 is 2.52 bits per heavy atom. The van der Waals surface area contributed by atoms with Crippen LogP contribution in [0.2, 0.25) is 0 Å². The number of imide groups is 1. The predicted molar refractivity (Wildman–Crippen MR) is 95.1 cm³/mol. The molecule has 0 saturated heterocycles. The topological polar surface area (TPSA) is 57.7 Å². The van der Waals surface area contributed by atoms with Gasteiger partial charge in [0, 0.05) is 17.6 Å². The van der Waals surface area contributed by atoms with Crippen molar-refractivity contribution >= 4 is 33.7 Å². The normalized spacial score (nSPS) is 16.0. The van der Waals surface area contributed by atoms with Gasteiger partial charge < -0.3 is 4.90 Å². The zero-order chi connectivity index (χ0) is 17.6. The van der Waals surface area contributed by atoms with Gasteiger partial charge in [-0.05, 0) is 35.7 Å². The van der Waals surface area contributed by atoms with Gasteiger partial charge in [0.15, 0.2) is 0 Å². The van der Waals surface area contributed by atoms with Crippen LogP contribution in [0.1, 0.15) is 31.8 Å². The second-order valence-electron chi connectivity index (χ2n) is 6.22. The van der Waals surface area contributed by atoms with Gasteiger partial charge in [-0.2, -0.15) is 0 Å². The first kappa shape index (κ1) is 16.0. The molecule has 0 bridgehead atoms. The van der Waals surface area contributed by atoms with Gasteiger partial charge in [-0.3, -0.25) is 19.3 Å². The molecule has 0 aliphatic carbocycles. The smallest absolute Gasteiger partial charge is 0.262 e. The zero-order valence-corrected chi connectivity index (χ0v) is 15.0. The number of amides is 3. The molecule has 2 aliphatic heterocycles. The Morgan fingerprint density at radius 2 is 1.72 bits per heavy atom. The molecule has 3 amide bonds. The molecule has 5 nitrogen and oxygen atoms in total. The number of halogens is 1. The third kappa shape index (κ3) is 2.76. The lowest BCUT2D eigenvalue weighted by Gasteiger charge is -2.30. The summed E-state index contributed by atoms with van der Waals surface area (Å²) in [6, 6.07) is 13.0. The Bertz CT molecular complexity index is 909. The number of benzene rings is 2. The summed E-state index contributed by atoms with van der Waals surface area (Å²) in [7, 11) is 0. The number of carbonyl (C=O) groups excluding carboxylic acids is 3. The molecule has 0 fully saturated rings. The van der Waals surface area contributed by atoms with E-state index < -0.39 is 11.8 Å². The van der Waals surface area contributed by atoms with Crippen molar-refractivity contribution in [3.05, 3.63) is 69.2 Å². The van der Waals surface area contributed by atoms with Crippen molar-refractivity contribution < 1.29 is 14.4 Å². The highest BCUT2D eigenvalue weighted by atomic mass is 79.9. The van der Waals surface area contributed by atoms with E-state index in [2.05, 4.69) is 22.0 Å². The van der Waals surface area contributed by atoms with Crippen LogP contribution < -0.4 is 0 Å². The molecule has 6 heteroatoms. The quantitative estimate of drug-likeness (QED) is 0.730. The molecule has 2 aromatic carbocycles. The summed E-state index contributed by atoms with van der Waals surface area (Å²) in [5.41, 5.74) is 3.06. The number of hydrogen-bond acceptors (Lipinski definition) is 3. The van der Waals surface area contributed by atoms with E-state index in [9.17, 15) is 14.4 Å². The average Bonchev–Trinajstić information content (AvgIpc) is 2.85. The fourth-order valence-corrected chi connectivity index (χ4v) is 3.71. The van der Waals surface area contributed by atoms with E-state index in [0.717, 1.165) is 21.4 Å². The maximum Gasteiger partial charge on any atom is 0.262 e.